The zero-order valence-corrected chi connectivity index (χ0v) is 14.1. The van der Waals surface area contributed by atoms with E-state index in [1.807, 2.05) is 6.07 Å². The average Bonchev–Trinajstić information content (AvgIpc) is 2.84. The number of hydrogen-bond acceptors (Lipinski definition) is 1. The first kappa shape index (κ1) is 14.9. The number of amides is 1. The third-order valence-corrected chi connectivity index (χ3v) is 4.85. The van der Waals surface area contributed by atoms with E-state index in [2.05, 4.69) is 61.6 Å². The molecule has 120 valence electrons. The van der Waals surface area contributed by atoms with Crippen LogP contribution in [0.3, 0.4) is 0 Å². The summed E-state index contributed by atoms with van der Waals surface area (Å²) in [6, 6.07) is 12.9. The molecule has 1 N–H and O–H groups in total. The van der Waals surface area contributed by atoms with Gasteiger partial charge in [0.1, 0.15) is 0 Å². The van der Waals surface area contributed by atoms with E-state index in [0.717, 1.165) is 18.5 Å². The number of fused-ring (bicyclic) bond motifs is 4. The van der Waals surface area contributed by atoms with Crippen LogP contribution in [-0.4, -0.2) is 5.91 Å². The molecular formula is C22H21NO. The molecule has 2 aromatic rings. The Balaban J connectivity index is 1.89. The van der Waals surface area contributed by atoms with Gasteiger partial charge in [-0.25, -0.2) is 0 Å². The number of allylic oxidation sites excluding steroid dienone is 2. The molecule has 0 fully saturated rings. The molecule has 2 heteroatoms. The van der Waals surface area contributed by atoms with Crippen LogP contribution >= 0.6 is 0 Å². The second kappa shape index (κ2) is 5.79. The summed E-state index contributed by atoms with van der Waals surface area (Å²) in [7, 11) is 0. The Hall–Kier alpha value is -2.61. The lowest BCUT2D eigenvalue weighted by Gasteiger charge is -2.11. The molecule has 2 aliphatic rings. The Morgan fingerprint density at radius 2 is 1.88 bits per heavy atom. The number of nitrogens with one attached hydrogen (secondary N) is 1. The van der Waals surface area contributed by atoms with Gasteiger partial charge >= 0.3 is 0 Å². The van der Waals surface area contributed by atoms with Crippen molar-refractivity contribution in [3.8, 4) is 0 Å². The van der Waals surface area contributed by atoms with E-state index in [-0.39, 0.29) is 5.91 Å². The molecule has 0 saturated carbocycles. The van der Waals surface area contributed by atoms with Crippen molar-refractivity contribution in [2.75, 3.05) is 5.32 Å². The Kier molecular flexibility index (Phi) is 3.61. The molecule has 0 spiro atoms. The zero-order chi connectivity index (χ0) is 16.7. The summed E-state index contributed by atoms with van der Waals surface area (Å²) in [6.07, 6.45) is 6.71. The van der Waals surface area contributed by atoms with E-state index in [0.29, 0.717) is 6.42 Å². The molecule has 0 saturated heterocycles. The van der Waals surface area contributed by atoms with Gasteiger partial charge in [-0.1, -0.05) is 48.9 Å². The molecule has 0 aromatic heterocycles. The fourth-order valence-electron chi connectivity index (χ4n) is 3.68. The molecule has 0 bridgehead atoms. The molecule has 2 nitrogen and oxygen atoms in total. The van der Waals surface area contributed by atoms with E-state index in [1.165, 1.54) is 39.0 Å². The van der Waals surface area contributed by atoms with Crippen molar-refractivity contribution in [3.63, 3.8) is 0 Å². The number of rotatable bonds is 2. The molecule has 1 heterocycles. The lowest BCUT2D eigenvalue weighted by atomic mass is 9.96. The van der Waals surface area contributed by atoms with Crippen molar-refractivity contribution in [1.29, 1.82) is 0 Å². The second-order valence-corrected chi connectivity index (χ2v) is 6.64. The topological polar surface area (TPSA) is 29.1 Å². The van der Waals surface area contributed by atoms with E-state index in [9.17, 15) is 4.79 Å². The minimum Gasteiger partial charge on any atom is -0.325 e. The van der Waals surface area contributed by atoms with Gasteiger partial charge in [0.25, 0.3) is 0 Å². The predicted molar refractivity (Wildman–Crippen MR) is 101 cm³/mol. The van der Waals surface area contributed by atoms with E-state index >= 15 is 0 Å². The summed E-state index contributed by atoms with van der Waals surface area (Å²) in [5, 5.41) is 3.08. The van der Waals surface area contributed by atoms with Gasteiger partial charge in [0.05, 0.1) is 6.42 Å². The predicted octanol–water partition coefficient (Wildman–Crippen LogP) is 5.23. The van der Waals surface area contributed by atoms with Gasteiger partial charge in [0.2, 0.25) is 5.91 Å². The molecule has 0 radical (unpaired) electrons. The van der Waals surface area contributed by atoms with Crippen LogP contribution in [0.5, 0.6) is 0 Å². The second-order valence-electron chi connectivity index (χ2n) is 6.64. The Morgan fingerprint density at radius 3 is 2.71 bits per heavy atom. The molecule has 1 aliphatic heterocycles. The van der Waals surface area contributed by atoms with Gasteiger partial charge in [0, 0.05) is 11.3 Å². The maximum atomic E-state index is 12.4. The monoisotopic (exact) mass is 315 g/mol. The summed E-state index contributed by atoms with van der Waals surface area (Å²) in [5.41, 5.74) is 9.62. The van der Waals surface area contributed by atoms with Crippen LogP contribution in [0, 0.1) is 6.92 Å². The molecule has 0 unspecified atom stereocenters. The van der Waals surface area contributed by atoms with Gasteiger partial charge in [-0.2, -0.15) is 0 Å². The lowest BCUT2D eigenvalue weighted by Crippen LogP contribution is -2.11. The summed E-state index contributed by atoms with van der Waals surface area (Å²) >= 11 is 0. The van der Waals surface area contributed by atoms with Crippen LogP contribution in [0.15, 0.2) is 42.5 Å². The van der Waals surface area contributed by atoms with Crippen molar-refractivity contribution >= 4 is 28.8 Å². The van der Waals surface area contributed by atoms with Crippen molar-refractivity contribution in [2.24, 2.45) is 0 Å². The van der Waals surface area contributed by atoms with Crippen molar-refractivity contribution in [2.45, 2.75) is 33.1 Å². The zero-order valence-electron chi connectivity index (χ0n) is 14.1. The molecule has 1 amide bonds. The minimum atomic E-state index is 0.0763. The Bertz CT molecular complexity index is 902. The Morgan fingerprint density at radius 1 is 1.04 bits per heavy atom. The van der Waals surface area contributed by atoms with Gasteiger partial charge in [-0.05, 0) is 59.7 Å². The maximum Gasteiger partial charge on any atom is 0.228 e. The molecular weight excluding hydrogens is 294 g/mol. The first-order valence-corrected chi connectivity index (χ1v) is 8.58. The SMILES string of the molecule is CC/C=C/c1ccc2c(c1)C1=C(CC(=O)N2)c2cc(C)ccc2C1. The largest absolute Gasteiger partial charge is 0.325 e. The number of benzene rings is 2. The van der Waals surface area contributed by atoms with Crippen LogP contribution in [0.2, 0.25) is 0 Å². The highest BCUT2D eigenvalue weighted by molar-refractivity contribution is 6.12. The highest BCUT2D eigenvalue weighted by Crippen LogP contribution is 2.44. The van der Waals surface area contributed by atoms with Gasteiger partial charge < -0.3 is 5.32 Å². The summed E-state index contributed by atoms with van der Waals surface area (Å²) in [6.45, 7) is 4.24. The number of hydrogen-bond donors (Lipinski definition) is 1. The highest BCUT2D eigenvalue weighted by atomic mass is 16.1. The summed E-state index contributed by atoms with van der Waals surface area (Å²) < 4.78 is 0. The molecule has 1 aliphatic carbocycles. The smallest absolute Gasteiger partial charge is 0.228 e. The highest BCUT2D eigenvalue weighted by Gasteiger charge is 2.28. The third-order valence-electron chi connectivity index (χ3n) is 4.85. The minimum absolute atomic E-state index is 0.0763. The Labute approximate surface area is 142 Å². The normalized spacial score (nSPS) is 15.8. The standard InChI is InChI=1S/C22H21NO/c1-3-4-5-15-7-9-21-20(11-15)18-12-16-8-6-14(2)10-17(16)19(18)13-22(24)23-21/h4-11H,3,12-13H2,1-2H3,(H,23,24)/b5-4+. The quantitative estimate of drug-likeness (QED) is 0.808. The first-order chi connectivity index (χ1) is 11.7. The van der Waals surface area contributed by atoms with Crippen molar-refractivity contribution in [3.05, 3.63) is 70.3 Å². The number of carbonyl (C=O) groups excluding carboxylic acids is 1. The van der Waals surface area contributed by atoms with Crippen molar-refractivity contribution in [1.82, 2.24) is 0 Å². The van der Waals surface area contributed by atoms with Crippen LogP contribution in [0.1, 0.15) is 47.6 Å². The van der Waals surface area contributed by atoms with E-state index in [4.69, 9.17) is 0 Å². The molecule has 0 atom stereocenters. The van der Waals surface area contributed by atoms with Crippen LogP contribution in [0.25, 0.3) is 17.2 Å². The number of aryl methyl sites for hydroxylation is 1. The third kappa shape index (κ3) is 2.48. The van der Waals surface area contributed by atoms with Crippen LogP contribution < -0.4 is 5.32 Å². The van der Waals surface area contributed by atoms with E-state index in [1.54, 1.807) is 0 Å². The summed E-state index contributed by atoms with van der Waals surface area (Å²) in [4.78, 5) is 12.4. The van der Waals surface area contributed by atoms with Crippen LogP contribution in [-0.2, 0) is 11.2 Å². The van der Waals surface area contributed by atoms with Crippen molar-refractivity contribution < 1.29 is 4.79 Å². The summed E-state index contributed by atoms with van der Waals surface area (Å²) in [5.74, 6) is 0.0763. The maximum absolute atomic E-state index is 12.4. The van der Waals surface area contributed by atoms with Crippen LogP contribution in [0.4, 0.5) is 5.69 Å². The average molecular weight is 315 g/mol. The number of carbonyl (C=O) groups is 1. The van der Waals surface area contributed by atoms with Gasteiger partial charge in [0.15, 0.2) is 0 Å². The van der Waals surface area contributed by atoms with Gasteiger partial charge in [-0.15, -0.1) is 0 Å². The number of anilines is 1. The fraction of sp³-hybridized carbons (Fsp3) is 0.227. The molecule has 24 heavy (non-hydrogen) atoms. The van der Waals surface area contributed by atoms with E-state index < -0.39 is 0 Å². The lowest BCUT2D eigenvalue weighted by molar-refractivity contribution is -0.115. The molecule has 2 aromatic carbocycles. The first-order valence-electron chi connectivity index (χ1n) is 8.58. The molecule has 4 rings (SSSR count). The fourth-order valence-corrected chi connectivity index (χ4v) is 3.68. The van der Waals surface area contributed by atoms with Gasteiger partial charge in [-0.3, -0.25) is 4.79 Å².